The molecule has 108 valence electrons. The third-order valence-electron chi connectivity index (χ3n) is 3.66. The molecule has 0 saturated carbocycles. The van der Waals surface area contributed by atoms with Gasteiger partial charge in [-0.15, -0.1) is 0 Å². The Morgan fingerprint density at radius 2 is 2.00 bits per heavy atom. The van der Waals surface area contributed by atoms with Crippen LogP contribution in [0.15, 0.2) is 30.5 Å². The predicted octanol–water partition coefficient (Wildman–Crippen LogP) is 2.14. The molecule has 5 nitrogen and oxygen atoms in total. The van der Waals surface area contributed by atoms with E-state index >= 15 is 0 Å². The molecule has 0 saturated heterocycles. The number of aromatic nitrogens is 2. The zero-order valence-corrected chi connectivity index (χ0v) is 12.4. The van der Waals surface area contributed by atoms with Crippen molar-refractivity contribution >= 4 is 5.91 Å². The number of nitriles is 1. The zero-order valence-electron chi connectivity index (χ0n) is 12.4. The van der Waals surface area contributed by atoms with Crippen LogP contribution in [0.5, 0.6) is 0 Å². The topological polar surface area (TPSA) is 84.7 Å². The minimum absolute atomic E-state index is 0.442. The molecule has 1 aromatic carbocycles. The first-order valence-corrected chi connectivity index (χ1v) is 6.68. The van der Waals surface area contributed by atoms with Crippen LogP contribution in [0.3, 0.4) is 0 Å². The van der Waals surface area contributed by atoms with Gasteiger partial charge in [-0.1, -0.05) is 24.3 Å². The highest BCUT2D eigenvalue weighted by Crippen LogP contribution is 2.22. The molecule has 1 amide bonds. The Balaban J connectivity index is 2.22. The summed E-state index contributed by atoms with van der Waals surface area (Å²) in [5.41, 5.74) is 8.00. The van der Waals surface area contributed by atoms with Gasteiger partial charge < -0.3 is 5.73 Å². The van der Waals surface area contributed by atoms with Crippen LogP contribution in [-0.4, -0.2) is 15.7 Å². The summed E-state index contributed by atoms with van der Waals surface area (Å²) < 4.78 is 1.74. The molecule has 2 N–H and O–H groups in total. The number of hydrogen-bond acceptors (Lipinski definition) is 3. The molecule has 1 heterocycles. The molecule has 0 spiro atoms. The number of nitrogens with zero attached hydrogens (tertiary/aromatic N) is 3. The van der Waals surface area contributed by atoms with Crippen molar-refractivity contribution < 1.29 is 4.79 Å². The first-order valence-electron chi connectivity index (χ1n) is 6.68. The van der Waals surface area contributed by atoms with E-state index in [0.717, 1.165) is 16.8 Å². The molecule has 0 unspecified atom stereocenters. The maximum absolute atomic E-state index is 11.2. The number of primary amides is 1. The van der Waals surface area contributed by atoms with E-state index in [0.29, 0.717) is 12.1 Å². The van der Waals surface area contributed by atoms with Crippen LogP contribution in [-0.2, 0) is 12.0 Å². The summed E-state index contributed by atoms with van der Waals surface area (Å²) in [7, 11) is 0. The van der Waals surface area contributed by atoms with E-state index in [9.17, 15) is 4.79 Å². The molecule has 5 heteroatoms. The number of hydrogen-bond donors (Lipinski definition) is 1. The third-order valence-corrected chi connectivity index (χ3v) is 3.66. The third kappa shape index (κ3) is 2.95. The number of rotatable bonds is 4. The lowest BCUT2D eigenvalue weighted by Crippen LogP contribution is -2.14. The molecule has 0 radical (unpaired) electrons. The van der Waals surface area contributed by atoms with Gasteiger partial charge in [-0.3, -0.25) is 9.48 Å². The molecule has 0 aliphatic heterocycles. The van der Waals surface area contributed by atoms with Gasteiger partial charge in [0.25, 0.3) is 5.91 Å². The number of carbonyl (C=O) groups excluding carboxylic acids is 1. The van der Waals surface area contributed by atoms with Gasteiger partial charge in [0.2, 0.25) is 0 Å². The summed E-state index contributed by atoms with van der Waals surface area (Å²) in [6.07, 6.45) is 1.49. The van der Waals surface area contributed by atoms with Gasteiger partial charge in [-0.25, -0.2) is 0 Å². The molecular formula is C16H18N4O. The summed E-state index contributed by atoms with van der Waals surface area (Å²) >= 11 is 0. The Morgan fingerprint density at radius 1 is 1.38 bits per heavy atom. The van der Waals surface area contributed by atoms with E-state index < -0.39 is 11.3 Å². The van der Waals surface area contributed by atoms with Crippen molar-refractivity contribution in [2.75, 3.05) is 0 Å². The first-order chi connectivity index (χ1) is 9.85. The lowest BCUT2D eigenvalue weighted by molar-refractivity contribution is 0.0999. The molecule has 0 aliphatic carbocycles. The monoisotopic (exact) mass is 282 g/mol. The number of nitrogens with two attached hydrogens (primary N) is 1. The van der Waals surface area contributed by atoms with Gasteiger partial charge in [0.05, 0.1) is 29.8 Å². The van der Waals surface area contributed by atoms with Crippen molar-refractivity contribution in [2.45, 2.75) is 32.7 Å². The van der Waals surface area contributed by atoms with E-state index in [2.05, 4.69) is 11.2 Å². The Labute approximate surface area is 124 Å². The normalized spacial score (nSPS) is 11.1. The molecule has 0 aliphatic rings. The molecular weight excluding hydrogens is 264 g/mol. The second kappa shape index (κ2) is 5.41. The van der Waals surface area contributed by atoms with E-state index in [-0.39, 0.29) is 0 Å². The summed E-state index contributed by atoms with van der Waals surface area (Å²) in [5.74, 6) is -0.468. The Bertz CT molecular complexity index is 705. The summed E-state index contributed by atoms with van der Waals surface area (Å²) in [5, 5.41) is 13.3. The second-order valence-corrected chi connectivity index (χ2v) is 5.60. The Hall–Kier alpha value is -2.61. The average Bonchev–Trinajstić information content (AvgIpc) is 2.81. The van der Waals surface area contributed by atoms with Gasteiger partial charge in [0, 0.05) is 5.69 Å². The average molecular weight is 282 g/mol. The molecule has 0 atom stereocenters. The summed E-state index contributed by atoms with van der Waals surface area (Å²) in [6.45, 7) is 6.16. The van der Waals surface area contributed by atoms with Crippen LogP contribution in [0.2, 0.25) is 0 Å². The van der Waals surface area contributed by atoms with Crippen LogP contribution >= 0.6 is 0 Å². The quantitative estimate of drug-likeness (QED) is 0.932. The van der Waals surface area contributed by atoms with Crippen LogP contribution in [0, 0.1) is 18.3 Å². The molecule has 1 aromatic heterocycles. The maximum Gasteiger partial charge on any atom is 0.252 e. The van der Waals surface area contributed by atoms with Gasteiger partial charge in [-0.05, 0) is 31.9 Å². The Kier molecular flexibility index (Phi) is 3.81. The van der Waals surface area contributed by atoms with Gasteiger partial charge in [-0.2, -0.15) is 10.4 Å². The van der Waals surface area contributed by atoms with Crippen molar-refractivity contribution in [3.05, 3.63) is 52.8 Å². The molecule has 2 rings (SSSR count). The van der Waals surface area contributed by atoms with Crippen molar-refractivity contribution in [2.24, 2.45) is 5.73 Å². The number of amides is 1. The van der Waals surface area contributed by atoms with E-state index in [1.54, 1.807) is 4.68 Å². The second-order valence-electron chi connectivity index (χ2n) is 5.60. The minimum Gasteiger partial charge on any atom is -0.365 e. The van der Waals surface area contributed by atoms with Crippen molar-refractivity contribution in [1.29, 1.82) is 5.26 Å². The van der Waals surface area contributed by atoms with Crippen molar-refractivity contribution in [3.63, 3.8) is 0 Å². The molecule has 21 heavy (non-hydrogen) atoms. The van der Waals surface area contributed by atoms with E-state index in [1.165, 1.54) is 6.20 Å². The van der Waals surface area contributed by atoms with Crippen LogP contribution in [0.1, 0.15) is 41.0 Å². The highest BCUT2D eigenvalue weighted by atomic mass is 16.1. The lowest BCUT2D eigenvalue weighted by Gasteiger charge is -2.16. The van der Waals surface area contributed by atoms with E-state index in [4.69, 9.17) is 11.0 Å². The highest BCUT2D eigenvalue weighted by Gasteiger charge is 2.19. The Morgan fingerprint density at radius 3 is 2.48 bits per heavy atom. The number of carbonyl (C=O) groups is 1. The van der Waals surface area contributed by atoms with Gasteiger partial charge in [0.15, 0.2) is 0 Å². The van der Waals surface area contributed by atoms with Crippen LogP contribution in [0.4, 0.5) is 0 Å². The van der Waals surface area contributed by atoms with Crippen molar-refractivity contribution in [3.8, 4) is 6.07 Å². The molecule has 0 fully saturated rings. The minimum atomic E-state index is -0.501. The van der Waals surface area contributed by atoms with Crippen LogP contribution < -0.4 is 5.73 Å². The van der Waals surface area contributed by atoms with Crippen molar-refractivity contribution in [1.82, 2.24) is 9.78 Å². The highest BCUT2D eigenvalue weighted by molar-refractivity contribution is 5.93. The molecule has 0 bridgehead atoms. The fraction of sp³-hybridized carbons (Fsp3) is 0.312. The first kappa shape index (κ1) is 14.8. The fourth-order valence-corrected chi connectivity index (χ4v) is 2.11. The summed E-state index contributed by atoms with van der Waals surface area (Å²) in [4.78, 5) is 11.2. The molecule has 2 aromatic rings. The van der Waals surface area contributed by atoms with Gasteiger partial charge in [0.1, 0.15) is 0 Å². The predicted molar refractivity (Wildman–Crippen MR) is 79.7 cm³/mol. The maximum atomic E-state index is 11.2. The fourth-order valence-electron chi connectivity index (χ4n) is 2.11. The smallest absolute Gasteiger partial charge is 0.252 e. The SMILES string of the molecule is Cc1c(C(N)=O)cnn1Cc1ccc(C(C)(C)C#N)cc1. The van der Waals surface area contributed by atoms with Crippen LogP contribution in [0.25, 0.3) is 0 Å². The summed E-state index contributed by atoms with van der Waals surface area (Å²) in [6, 6.07) is 10.1. The number of benzene rings is 1. The van der Waals surface area contributed by atoms with E-state index in [1.807, 2.05) is 45.0 Å². The zero-order chi connectivity index (χ0) is 15.6. The van der Waals surface area contributed by atoms with Gasteiger partial charge >= 0.3 is 0 Å². The largest absolute Gasteiger partial charge is 0.365 e. The lowest BCUT2D eigenvalue weighted by atomic mass is 9.86. The standard InChI is InChI=1S/C16H18N4O/c1-11-14(15(18)21)8-19-20(11)9-12-4-6-13(7-5-12)16(2,3)10-17/h4-8H,9H2,1-3H3,(H2,18,21).